The molecule has 18 heavy (non-hydrogen) atoms. The summed E-state index contributed by atoms with van der Waals surface area (Å²) in [5, 5.41) is 0. The molecule has 0 aliphatic carbocycles. The molecule has 0 fully saturated rings. The van der Waals surface area contributed by atoms with E-state index >= 15 is 0 Å². The quantitative estimate of drug-likeness (QED) is 0.309. The van der Waals surface area contributed by atoms with E-state index in [1.165, 1.54) is 0 Å². The standard InChI is InChI=1S/C4HF8IO4S/c5-1(6,13)2(7,8)16-3(9,10)4(11,12)17-18(14)15/h(H,14,15). The summed E-state index contributed by atoms with van der Waals surface area (Å²) in [5.74, 6) is 0. The molecule has 0 radical (unpaired) electrons. The van der Waals surface area contributed by atoms with E-state index in [4.69, 9.17) is 4.55 Å². The molecule has 0 bridgehead atoms. The molecule has 0 spiro atoms. The highest BCUT2D eigenvalue weighted by molar-refractivity contribution is 14.1. The lowest BCUT2D eigenvalue weighted by molar-refractivity contribution is -0.481. The van der Waals surface area contributed by atoms with Crippen molar-refractivity contribution in [3.8, 4) is 0 Å². The van der Waals surface area contributed by atoms with Crippen LogP contribution < -0.4 is 0 Å². The first-order valence-electron chi connectivity index (χ1n) is 3.33. The van der Waals surface area contributed by atoms with Gasteiger partial charge in [-0.05, 0) is 0 Å². The Hall–Kier alpha value is 0.200. The van der Waals surface area contributed by atoms with Crippen molar-refractivity contribution < 1.29 is 52.8 Å². The lowest BCUT2D eigenvalue weighted by Gasteiger charge is -2.29. The topological polar surface area (TPSA) is 55.8 Å². The Labute approximate surface area is 109 Å². The fourth-order valence-electron chi connectivity index (χ4n) is 0.416. The number of rotatable bonds is 6. The summed E-state index contributed by atoms with van der Waals surface area (Å²) in [7, 11) is 0. The van der Waals surface area contributed by atoms with Gasteiger partial charge in [-0.15, -0.1) is 0 Å². The predicted molar refractivity (Wildman–Crippen MR) is 46.7 cm³/mol. The molecule has 0 aromatic rings. The van der Waals surface area contributed by atoms with Crippen LogP contribution in [-0.4, -0.2) is 31.0 Å². The fraction of sp³-hybridized carbons (Fsp3) is 1.00. The van der Waals surface area contributed by atoms with Crippen molar-refractivity contribution in [3.05, 3.63) is 0 Å². The van der Waals surface area contributed by atoms with Gasteiger partial charge in [-0.1, -0.05) is 0 Å². The van der Waals surface area contributed by atoms with Gasteiger partial charge < -0.3 is 0 Å². The maximum Gasteiger partial charge on any atom is 0.462 e. The summed E-state index contributed by atoms with van der Waals surface area (Å²) >= 11 is -4.30. The average Bonchev–Trinajstić information content (AvgIpc) is 1.95. The molecule has 0 heterocycles. The third-order valence-corrected chi connectivity index (χ3v) is 2.08. The van der Waals surface area contributed by atoms with E-state index in [0.29, 0.717) is 0 Å². The molecule has 0 saturated heterocycles. The second-order valence-electron chi connectivity index (χ2n) is 2.45. The second-order valence-corrected chi connectivity index (χ2v) is 4.41. The lowest BCUT2D eigenvalue weighted by atomic mass is 10.5. The fourth-order valence-corrected chi connectivity index (χ4v) is 0.802. The third kappa shape index (κ3) is 4.39. The summed E-state index contributed by atoms with van der Waals surface area (Å²) < 4.78 is 115. The summed E-state index contributed by atoms with van der Waals surface area (Å²) in [6.45, 7) is 0. The van der Waals surface area contributed by atoms with E-state index < -0.39 is 33.6 Å². The Kier molecular flexibility index (Phi) is 5.35. The number of hydrogen-bond donors (Lipinski definition) is 1. The van der Waals surface area contributed by atoms with Crippen LogP contribution in [0.1, 0.15) is 0 Å². The average molecular weight is 424 g/mol. The first kappa shape index (κ1) is 18.2. The van der Waals surface area contributed by atoms with E-state index in [2.05, 4.69) is 4.18 Å². The van der Waals surface area contributed by atoms with Crippen LogP contribution in [0.5, 0.6) is 0 Å². The Morgan fingerprint density at radius 1 is 0.889 bits per heavy atom. The SMILES string of the molecule is O=S(O)OC(F)(F)C(F)(F)OC(F)(F)C(F)(F)I. The van der Waals surface area contributed by atoms with Crippen LogP contribution in [0.3, 0.4) is 0 Å². The molecule has 0 saturated carbocycles. The van der Waals surface area contributed by atoms with E-state index in [-0.39, 0.29) is 22.6 Å². The lowest BCUT2D eigenvalue weighted by Crippen LogP contribution is -2.52. The first-order valence-corrected chi connectivity index (χ1v) is 5.44. The monoisotopic (exact) mass is 424 g/mol. The van der Waals surface area contributed by atoms with Gasteiger partial charge in [0.1, 0.15) is 0 Å². The molecule has 1 atom stereocenters. The molecule has 0 aromatic heterocycles. The van der Waals surface area contributed by atoms with Gasteiger partial charge in [-0.3, -0.25) is 4.55 Å². The third-order valence-electron chi connectivity index (χ3n) is 1.10. The van der Waals surface area contributed by atoms with Crippen LogP contribution >= 0.6 is 22.6 Å². The number of ether oxygens (including phenoxy) is 1. The van der Waals surface area contributed by atoms with Gasteiger partial charge in [0.25, 0.3) is 0 Å². The molecular formula is C4HF8IO4S. The normalized spacial score (nSPS) is 16.8. The molecule has 1 unspecified atom stereocenters. The van der Waals surface area contributed by atoms with Crippen molar-refractivity contribution in [3.63, 3.8) is 0 Å². The molecule has 14 heteroatoms. The van der Waals surface area contributed by atoms with E-state index in [0.717, 1.165) is 0 Å². The van der Waals surface area contributed by atoms with Gasteiger partial charge in [-0.25, -0.2) is 4.74 Å². The van der Waals surface area contributed by atoms with Gasteiger partial charge in [0.05, 0.1) is 0 Å². The molecule has 4 nitrogen and oxygen atoms in total. The summed E-state index contributed by atoms with van der Waals surface area (Å²) in [6, 6.07) is 0. The minimum absolute atomic E-state index is 0.324. The molecule has 0 rings (SSSR count). The van der Waals surface area contributed by atoms with Gasteiger partial charge >= 0.3 is 33.6 Å². The smallest absolute Gasteiger partial charge is 0.284 e. The Morgan fingerprint density at radius 2 is 1.28 bits per heavy atom. The molecule has 0 amide bonds. The highest BCUT2D eigenvalue weighted by Gasteiger charge is 2.70. The predicted octanol–water partition coefficient (Wildman–Crippen LogP) is 2.96. The van der Waals surface area contributed by atoms with Crippen molar-refractivity contribution in [1.82, 2.24) is 0 Å². The van der Waals surface area contributed by atoms with Gasteiger partial charge in [-0.2, -0.15) is 43.5 Å². The van der Waals surface area contributed by atoms with Crippen LogP contribution in [0.2, 0.25) is 0 Å². The molecule has 110 valence electrons. The number of halogens is 9. The minimum atomic E-state index is -6.27. The molecule has 0 aliphatic rings. The van der Waals surface area contributed by atoms with Crippen LogP contribution in [0.15, 0.2) is 0 Å². The number of hydrogen-bond acceptors (Lipinski definition) is 3. The minimum Gasteiger partial charge on any atom is -0.284 e. The molecule has 0 aromatic carbocycles. The van der Waals surface area contributed by atoms with Crippen LogP contribution in [0.4, 0.5) is 35.1 Å². The summed E-state index contributed by atoms with van der Waals surface area (Å²) in [6.07, 6.45) is -18.3. The van der Waals surface area contributed by atoms with E-state index in [1.54, 1.807) is 0 Å². The zero-order chi connectivity index (χ0) is 15.0. The molecule has 0 aliphatic heterocycles. The van der Waals surface area contributed by atoms with E-state index in [9.17, 15) is 39.3 Å². The zero-order valence-corrected chi connectivity index (χ0v) is 10.5. The highest BCUT2D eigenvalue weighted by atomic mass is 127. The maximum atomic E-state index is 12.4. The number of alkyl halides is 9. The summed E-state index contributed by atoms with van der Waals surface area (Å²) in [4.78, 5) is 0. The Balaban J connectivity index is 5.12. The summed E-state index contributed by atoms with van der Waals surface area (Å²) in [5.41, 5.74) is 0. The Morgan fingerprint density at radius 3 is 1.56 bits per heavy atom. The first-order chi connectivity index (χ1) is 7.62. The van der Waals surface area contributed by atoms with Crippen LogP contribution in [-0.2, 0) is 20.3 Å². The largest absolute Gasteiger partial charge is 0.462 e. The van der Waals surface area contributed by atoms with Crippen molar-refractivity contribution in [2.24, 2.45) is 0 Å². The van der Waals surface area contributed by atoms with Gasteiger partial charge in [0.2, 0.25) is 0 Å². The Bertz CT molecular complexity index is 330. The van der Waals surface area contributed by atoms with Crippen molar-refractivity contribution in [2.75, 3.05) is 0 Å². The van der Waals surface area contributed by atoms with Crippen molar-refractivity contribution in [2.45, 2.75) is 22.3 Å². The maximum absolute atomic E-state index is 12.4. The molecular weight excluding hydrogens is 423 g/mol. The van der Waals surface area contributed by atoms with E-state index in [1.807, 2.05) is 4.74 Å². The van der Waals surface area contributed by atoms with Crippen LogP contribution in [0.25, 0.3) is 0 Å². The second kappa shape index (κ2) is 5.29. The highest BCUT2D eigenvalue weighted by Crippen LogP contribution is 2.47. The van der Waals surface area contributed by atoms with Gasteiger partial charge in [0, 0.05) is 22.6 Å². The van der Waals surface area contributed by atoms with Crippen LogP contribution in [0, 0.1) is 0 Å². The van der Waals surface area contributed by atoms with Crippen molar-refractivity contribution in [1.29, 1.82) is 0 Å². The molecule has 1 N–H and O–H groups in total. The van der Waals surface area contributed by atoms with Crippen molar-refractivity contribution >= 4 is 34.0 Å². The zero-order valence-electron chi connectivity index (χ0n) is 7.48. The van der Waals surface area contributed by atoms with Gasteiger partial charge in [0.15, 0.2) is 0 Å².